The van der Waals surface area contributed by atoms with Crippen molar-refractivity contribution in [2.75, 3.05) is 6.61 Å². The van der Waals surface area contributed by atoms with Crippen LogP contribution in [0.2, 0.25) is 0 Å². The van der Waals surface area contributed by atoms with E-state index in [2.05, 4.69) is 15.9 Å². The number of halogens is 1. The molecule has 1 heterocycles. The number of aliphatic hydroxyl groups is 1. The Morgan fingerprint density at radius 3 is 2.19 bits per heavy atom. The van der Waals surface area contributed by atoms with Gasteiger partial charge in [-0.15, -0.1) is 0 Å². The molecule has 1 aromatic heterocycles. The first-order valence-electron chi connectivity index (χ1n) is 10.2. The molecule has 162 valence electrons. The highest BCUT2D eigenvalue weighted by molar-refractivity contribution is 9.10. The second-order valence-electron chi connectivity index (χ2n) is 7.50. The minimum atomic E-state index is -0.549. The molecule has 0 aliphatic rings. The zero-order chi connectivity index (χ0) is 22.7. The average Bonchev–Trinajstić information content (AvgIpc) is 2.82. The van der Waals surface area contributed by atoms with Crippen LogP contribution in [-0.2, 0) is 19.5 Å². The zero-order valence-corrected chi connectivity index (χ0v) is 18.8. The van der Waals surface area contributed by atoms with Gasteiger partial charge in [-0.2, -0.15) is 0 Å². The van der Waals surface area contributed by atoms with Gasteiger partial charge in [0.25, 0.3) is 5.56 Å². The second kappa shape index (κ2) is 9.46. The van der Waals surface area contributed by atoms with Crippen LogP contribution >= 0.6 is 15.9 Å². The number of Topliss-reactive ketones (excluding diaryl/α,β-unsaturated/α-hetero) is 1. The molecule has 0 amide bonds. The number of aliphatic hydroxyl groups excluding tert-OH is 1. The molecule has 32 heavy (non-hydrogen) atoms. The summed E-state index contributed by atoms with van der Waals surface area (Å²) in [6.07, 6.45) is 0.554. The summed E-state index contributed by atoms with van der Waals surface area (Å²) in [5.74, 6) is -0.361. The fourth-order valence-corrected chi connectivity index (χ4v) is 3.95. The summed E-state index contributed by atoms with van der Waals surface area (Å²) in [6.45, 7) is -0.0215. The SMILES string of the molecule is O=C(CO)c1ccc(Cn2c(=O)n(CCc3ccc(Br)cc3)c(=O)c3ccccc32)cc1. The van der Waals surface area contributed by atoms with Gasteiger partial charge in [-0.05, 0) is 41.8 Å². The summed E-state index contributed by atoms with van der Waals surface area (Å²) < 4.78 is 3.84. The van der Waals surface area contributed by atoms with Crippen LogP contribution in [0.4, 0.5) is 0 Å². The van der Waals surface area contributed by atoms with Crippen molar-refractivity contribution in [3.05, 3.63) is 115 Å². The molecule has 4 rings (SSSR count). The van der Waals surface area contributed by atoms with E-state index < -0.39 is 6.61 Å². The van der Waals surface area contributed by atoms with Gasteiger partial charge in [0.2, 0.25) is 0 Å². The lowest BCUT2D eigenvalue weighted by Gasteiger charge is -2.14. The number of para-hydroxylation sites is 1. The smallest absolute Gasteiger partial charge is 0.331 e. The maximum atomic E-state index is 13.3. The van der Waals surface area contributed by atoms with E-state index in [1.54, 1.807) is 53.1 Å². The van der Waals surface area contributed by atoms with Crippen LogP contribution in [0.1, 0.15) is 21.5 Å². The summed E-state index contributed by atoms with van der Waals surface area (Å²) in [5.41, 5.74) is 2.14. The molecular formula is C25H21BrN2O4. The standard InChI is InChI=1S/C25H21BrN2O4/c26-20-11-7-17(8-12-20)13-14-27-24(31)21-3-1-2-4-22(21)28(25(27)32)15-18-5-9-19(10-6-18)23(30)16-29/h1-12,29H,13-16H2. The lowest BCUT2D eigenvalue weighted by Crippen LogP contribution is -2.40. The number of carbonyl (C=O) groups excluding carboxylic acids is 1. The van der Waals surface area contributed by atoms with Crippen molar-refractivity contribution >= 4 is 32.6 Å². The number of rotatable bonds is 7. The van der Waals surface area contributed by atoms with Crippen LogP contribution in [-0.4, -0.2) is 26.6 Å². The number of nitrogens with zero attached hydrogens (tertiary/aromatic N) is 2. The Morgan fingerprint density at radius 1 is 0.844 bits per heavy atom. The third-order valence-electron chi connectivity index (χ3n) is 5.43. The van der Waals surface area contributed by atoms with Crippen LogP contribution in [0.25, 0.3) is 10.9 Å². The summed E-state index contributed by atoms with van der Waals surface area (Å²) in [5, 5.41) is 9.50. The van der Waals surface area contributed by atoms with Crippen molar-refractivity contribution in [1.82, 2.24) is 9.13 Å². The zero-order valence-electron chi connectivity index (χ0n) is 17.2. The molecule has 1 N–H and O–H groups in total. The molecule has 0 aliphatic heterocycles. The van der Waals surface area contributed by atoms with Gasteiger partial charge >= 0.3 is 5.69 Å². The van der Waals surface area contributed by atoms with Crippen molar-refractivity contribution in [2.45, 2.75) is 19.5 Å². The molecule has 6 nitrogen and oxygen atoms in total. The normalized spacial score (nSPS) is 11.1. The molecule has 3 aromatic carbocycles. The van der Waals surface area contributed by atoms with Crippen molar-refractivity contribution in [2.24, 2.45) is 0 Å². The Balaban J connectivity index is 1.73. The molecule has 0 radical (unpaired) electrons. The molecular weight excluding hydrogens is 472 g/mol. The molecule has 4 aromatic rings. The van der Waals surface area contributed by atoms with Gasteiger partial charge in [-0.3, -0.25) is 18.7 Å². The Bertz CT molecular complexity index is 1390. The summed E-state index contributed by atoms with van der Waals surface area (Å²) in [7, 11) is 0. The predicted octanol–water partition coefficient (Wildman–Crippen LogP) is 3.39. The monoisotopic (exact) mass is 492 g/mol. The first kappa shape index (κ1) is 21.9. The summed E-state index contributed by atoms with van der Waals surface area (Å²) in [6, 6.07) is 21.6. The van der Waals surface area contributed by atoms with E-state index in [0.29, 0.717) is 22.9 Å². The van der Waals surface area contributed by atoms with E-state index in [9.17, 15) is 14.4 Å². The molecule has 0 saturated heterocycles. The quantitative estimate of drug-likeness (QED) is 0.401. The van der Waals surface area contributed by atoms with Crippen molar-refractivity contribution in [3.8, 4) is 0 Å². The third-order valence-corrected chi connectivity index (χ3v) is 5.96. The Morgan fingerprint density at radius 2 is 1.50 bits per heavy atom. The molecule has 0 spiro atoms. The van der Waals surface area contributed by atoms with Gasteiger partial charge in [0.05, 0.1) is 17.4 Å². The van der Waals surface area contributed by atoms with E-state index in [0.717, 1.165) is 15.6 Å². The number of carbonyl (C=O) groups is 1. The topological polar surface area (TPSA) is 81.3 Å². The summed E-state index contributed by atoms with van der Waals surface area (Å²) in [4.78, 5) is 38.1. The Labute approximate surface area is 192 Å². The number of aromatic nitrogens is 2. The minimum absolute atomic E-state index is 0.255. The predicted molar refractivity (Wildman–Crippen MR) is 127 cm³/mol. The highest BCUT2D eigenvalue weighted by atomic mass is 79.9. The first-order chi connectivity index (χ1) is 15.5. The van der Waals surface area contributed by atoms with Crippen molar-refractivity contribution < 1.29 is 9.90 Å². The van der Waals surface area contributed by atoms with E-state index in [1.807, 2.05) is 24.3 Å². The summed E-state index contributed by atoms with van der Waals surface area (Å²) >= 11 is 3.41. The maximum absolute atomic E-state index is 13.3. The molecule has 0 saturated carbocycles. The number of benzene rings is 3. The largest absolute Gasteiger partial charge is 0.388 e. The van der Waals surface area contributed by atoms with E-state index in [-0.39, 0.29) is 30.1 Å². The number of aryl methyl sites for hydroxylation is 1. The van der Waals surface area contributed by atoms with Gasteiger partial charge in [0.1, 0.15) is 6.61 Å². The van der Waals surface area contributed by atoms with Crippen LogP contribution in [0.3, 0.4) is 0 Å². The number of ketones is 1. The Hall–Kier alpha value is -3.29. The number of fused-ring (bicyclic) bond motifs is 1. The lowest BCUT2D eigenvalue weighted by atomic mass is 10.1. The first-order valence-corrected chi connectivity index (χ1v) is 11.0. The Kier molecular flexibility index (Phi) is 6.48. The fourth-order valence-electron chi connectivity index (χ4n) is 3.68. The van der Waals surface area contributed by atoms with Gasteiger partial charge in [-0.1, -0.05) is 64.5 Å². The second-order valence-corrected chi connectivity index (χ2v) is 8.41. The van der Waals surface area contributed by atoms with E-state index in [4.69, 9.17) is 5.11 Å². The van der Waals surface area contributed by atoms with E-state index in [1.165, 1.54) is 4.57 Å². The number of hydrogen-bond acceptors (Lipinski definition) is 4. The van der Waals surface area contributed by atoms with Crippen molar-refractivity contribution in [3.63, 3.8) is 0 Å². The van der Waals surface area contributed by atoms with Gasteiger partial charge in [0, 0.05) is 16.6 Å². The molecule has 7 heteroatoms. The lowest BCUT2D eigenvalue weighted by molar-refractivity contribution is 0.0903. The number of hydrogen-bond donors (Lipinski definition) is 1. The van der Waals surface area contributed by atoms with Crippen LogP contribution in [0.15, 0.2) is 86.9 Å². The van der Waals surface area contributed by atoms with Crippen LogP contribution in [0, 0.1) is 0 Å². The minimum Gasteiger partial charge on any atom is -0.388 e. The van der Waals surface area contributed by atoms with Gasteiger partial charge in [0.15, 0.2) is 5.78 Å². The van der Waals surface area contributed by atoms with Crippen molar-refractivity contribution in [1.29, 1.82) is 0 Å². The van der Waals surface area contributed by atoms with E-state index >= 15 is 0 Å². The highest BCUT2D eigenvalue weighted by Gasteiger charge is 2.14. The van der Waals surface area contributed by atoms with Gasteiger partial charge < -0.3 is 5.11 Å². The highest BCUT2D eigenvalue weighted by Crippen LogP contribution is 2.13. The third kappa shape index (κ3) is 4.49. The van der Waals surface area contributed by atoms with Crippen LogP contribution in [0.5, 0.6) is 0 Å². The maximum Gasteiger partial charge on any atom is 0.331 e. The molecule has 0 aliphatic carbocycles. The molecule has 0 unspecified atom stereocenters. The molecule has 0 bridgehead atoms. The van der Waals surface area contributed by atoms with Gasteiger partial charge in [-0.25, -0.2) is 4.79 Å². The fraction of sp³-hybridized carbons (Fsp3) is 0.160. The molecule has 0 atom stereocenters. The molecule has 0 fully saturated rings. The van der Waals surface area contributed by atoms with Crippen LogP contribution < -0.4 is 11.2 Å². The average molecular weight is 493 g/mol.